The molecule has 0 unspecified atom stereocenters. The van der Waals surface area contributed by atoms with E-state index in [1.54, 1.807) is 12.1 Å². The third kappa shape index (κ3) is 3.37. The van der Waals surface area contributed by atoms with E-state index in [1.807, 2.05) is 6.07 Å². The van der Waals surface area contributed by atoms with Gasteiger partial charge in [0.05, 0.1) is 0 Å². The fourth-order valence-corrected chi connectivity index (χ4v) is 1.51. The van der Waals surface area contributed by atoms with Gasteiger partial charge in [-0.25, -0.2) is 0 Å². The topological polar surface area (TPSA) is 52.0 Å². The second-order valence-electron chi connectivity index (χ2n) is 3.17. The van der Waals surface area contributed by atoms with Crippen molar-refractivity contribution in [1.29, 1.82) is 0 Å². The van der Waals surface area contributed by atoms with E-state index < -0.39 is 0 Å². The summed E-state index contributed by atoms with van der Waals surface area (Å²) in [5, 5.41) is 0.691. The Morgan fingerprint density at radius 1 is 1.43 bits per heavy atom. The molecule has 0 amide bonds. The predicted octanol–water partition coefficient (Wildman–Crippen LogP) is 3.14. The van der Waals surface area contributed by atoms with Crippen LogP contribution in [-0.2, 0) is 0 Å². The molecule has 80 valence electrons. The molecule has 0 heterocycles. The Labute approximate surface area is 96.0 Å². The highest BCUT2D eigenvalue weighted by Gasteiger charge is 2.08. The summed E-state index contributed by atoms with van der Waals surface area (Å²) in [5.41, 5.74) is 13.4. The molecule has 0 aromatic heterocycles. The maximum absolute atomic E-state index is 5.94. The van der Waals surface area contributed by atoms with Crippen LogP contribution in [0.1, 0.15) is 31.4 Å². The molecule has 1 aromatic rings. The van der Waals surface area contributed by atoms with E-state index in [2.05, 4.69) is 6.92 Å². The van der Waals surface area contributed by atoms with E-state index in [4.69, 9.17) is 23.1 Å². The van der Waals surface area contributed by atoms with Crippen LogP contribution in [0, 0.1) is 0 Å². The van der Waals surface area contributed by atoms with Crippen molar-refractivity contribution in [2.75, 3.05) is 5.73 Å². The zero-order valence-corrected chi connectivity index (χ0v) is 9.74. The molecule has 4 N–H and O–H groups in total. The van der Waals surface area contributed by atoms with Gasteiger partial charge in [-0.05, 0) is 30.2 Å². The summed E-state index contributed by atoms with van der Waals surface area (Å²) in [4.78, 5) is 0. The molecular weight excluding hydrogens is 219 g/mol. The Bertz CT molecular complexity index is 289. The maximum atomic E-state index is 5.94. The van der Waals surface area contributed by atoms with Gasteiger partial charge in [-0.3, -0.25) is 0 Å². The third-order valence-electron chi connectivity index (χ3n) is 2.05. The van der Waals surface area contributed by atoms with Crippen molar-refractivity contribution >= 4 is 29.7 Å². The van der Waals surface area contributed by atoms with Gasteiger partial charge in [-0.1, -0.05) is 24.9 Å². The monoisotopic (exact) mass is 234 g/mol. The molecule has 0 aliphatic rings. The lowest BCUT2D eigenvalue weighted by molar-refractivity contribution is 0.640. The van der Waals surface area contributed by atoms with Gasteiger partial charge in [0, 0.05) is 16.8 Å². The summed E-state index contributed by atoms with van der Waals surface area (Å²) >= 11 is 5.85. The van der Waals surface area contributed by atoms with E-state index in [9.17, 15) is 0 Å². The first kappa shape index (κ1) is 13.6. The van der Waals surface area contributed by atoms with Crippen molar-refractivity contribution in [2.24, 2.45) is 5.73 Å². The number of nitrogen functional groups attached to an aromatic ring is 1. The van der Waals surface area contributed by atoms with E-state index in [0.717, 1.165) is 24.1 Å². The molecule has 1 aromatic carbocycles. The Hall–Kier alpha value is -0.440. The van der Waals surface area contributed by atoms with Crippen LogP contribution in [0.3, 0.4) is 0 Å². The molecule has 0 radical (unpaired) electrons. The molecule has 4 heteroatoms. The number of nitrogens with two attached hydrogens (primary N) is 2. The Kier molecular flexibility index (Phi) is 5.93. The zero-order chi connectivity index (χ0) is 9.84. The first-order valence-corrected chi connectivity index (χ1v) is 4.83. The lowest BCUT2D eigenvalue weighted by Gasteiger charge is -2.13. The van der Waals surface area contributed by atoms with Crippen LogP contribution in [0.15, 0.2) is 18.2 Å². The van der Waals surface area contributed by atoms with Crippen molar-refractivity contribution in [3.8, 4) is 0 Å². The van der Waals surface area contributed by atoms with Crippen LogP contribution in [0.5, 0.6) is 0 Å². The Morgan fingerprint density at radius 3 is 2.64 bits per heavy atom. The van der Waals surface area contributed by atoms with Gasteiger partial charge in [0.2, 0.25) is 0 Å². The Balaban J connectivity index is 0.00000169. The Morgan fingerprint density at radius 2 is 2.07 bits per heavy atom. The number of rotatable bonds is 3. The van der Waals surface area contributed by atoms with Crippen LogP contribution < -0.4 is 11.5 Å². The third-order valence-corrected chi connectivity index (χ3v) is 2.28. The minimum absolute atomic E-state index is 0. The molecular formula is C10H16Cl2N2. The quantitative estimate of drug-likeness (QED) is 0.790. The normalized spacial score (nSPS) is 11.9. The lowest BCUT2D eigenvalue weighted by Crippen LogP contribution is -2.11. The summed E-state index contributed by atoms with van der Waals surface area (Å²) in [6.45, 7) is 2.10. The minimum Gasteiger partial charge on any atom is -0.398 e. The SMILES string of the molecule is CCC[C@@H](N)c1cc(Cl)ccc1N.Cl. The predicted molar refractivity (Wildman–Crippen MR) is 64.9 cm³/mol. The molecule has 1 rings (SSSR count). The van der Waals surface area contributed by atoms with Crippen LogP contribution in [0.25, 0.3) is 0 Å². The van der Waals surface area contributed by atoms with Gasteiger partial charge in [0.15, 0.2) is 0 Å². The summed E-state index contributed by atoms with van der Waals surface area (Å²) in [6, 6.07) is 5.42. The van der Waals surface area contributed by atoms with Gasteiger partial charge in [0.25, 0.3) is 0 Å². The fraction of sp³-hybridized carbons (Fsp3) is 0.400. The average molecular weight is 235 g/mol. The van der Waals surface area contributed by atoms with Gasteiger partial charge in [-0.2, -0.15) is 0 Å². The number of hydrogen-bond acceptors (Lipinski definition) is 2. The van der Waals surface area contributed by atoms with E-state index in [-0.39, 0.29) is 18.4 Å². The maximum Gasteiger partial charge on any atom is 0.0410 e. The highest BCUT2D eigenvalue weighted by atomic mass is 35.5. The molecule has 0 aliphatic carbocycles. The van der Waals surface area contributed by atoms with Crippen molar-refractivity contribution < 1.29 is 0 Å². The van der Waals surface area contributed by atoms with E-state index in [0.29, 0.717) is 5.02 Å². The van der Waals surface area contributed by atoms with Crippen LogP contribution >= 0.6 is 24.0 Å². The molecule has 14 heavy (non-hydrogen) atoms. The molecule has 2 nitrogen and oxygen atoms in total. The summed E-state index contributed by atoms with van der Waals surface area (Å²) in [7, 11) is 0. The molecule has 0 spiro atoms. The van der Waals surface area contributed by atoms with Crippen molar-refractivity contribution in [1.82, 2.24) is 0 Å². The second-order valence-corrected chi connectivity index (χ2v) is 3.60. The number of anilines is 1. The summed E-state index contributed by atoms with van der Waals surface area (Å²) < 4.78 is 0. The highest BCUT2D eigenvalue weighted by molar-refractivity contribution is 6.30. The molecule has 0 fully saturated rings. The lowest BCUT2D eigenvalue weighted by atomic mass is 10.0. The smallest absolute Gasteiger partial charge is 0.0410 e. The summed E-state index contributed by atoms with van der Waals surface area (Å²) in [5.74, 6) is 0. The van der Waals surface area contributed by atoms with Crippen LogP contribution in [0.4, 0.5) is 5.69 Å². The van der Waals surface area contributed by atoms with Crippen molar-refractivity contribution in [3.63, 3.8) is 0 Å². The van der Waals surface area contributed by atoms with Crippen molar-refractivity contribution in [2.45, 2.75) is 25.8 Å². The molecule has 0 saturated heterocycles. The first-order chi connectivity index (χ1) is 6.15. The number of benzene rings is 1. The van der Waals surface area contributed by atoms with Gasteiger partial charge >= 0.3 is 0 Å². The molecule has 0 aliphatic heterocycles. The highest BCUT2D eigenvalue weighted by Crippen LogP contribution is 2.25. The fourth-order valence-electron chi connectivity index (χ4n) is 1.33. The van der Waals surface area contributed by atoms with E-state index >= 15 is 0 Å². The molecule has 1 atom stereocenters. The second kappa shape index (κ2) is 6.12. The zero-order valence-electron chi connectivity index (χ0n) is 8.16. The van der Waals surface area contributed by atoms with Gasteiger partial charge < -0.3 is 11.5 Å². The van der Waals surface area contributed by atoms with Gasteiger partial charge in [-0.15, -0.1) is 12.4 Å². The van der Waals surface area contributed by atoms with Crippen LogP contribution in [-0.4, -0.2) is 0 Å². The standard InChI is InChI=1S/C10H15ClN2.ClH/c1-2-3-9(12)8-6-7(11)4-5-10(8)13;/h4-6,9H,2-3,12-13H2,1H3;1H/t9-;/m1./s1. The van der Waals surface area contributed by atoms with Gasteiger partial charge in [0.1, 0.15) is 0 Å². The number of halogens is 2. The first-order valence-electron chi connectivity index (χ1n) is 4.45. The van der Waals surface area contributed by atoms with Crippen molar-refractivity contribution in [3.05, 3.63) is 28.8 Å². The van der Waals surface area contributed by atoms with Crippen LogP contribution in [0.2, 0.25) is 5.02 Å². The summed E-state index contributed by atoms with van der Waals surface area (Å²) in [6.07, 6.45) is 1.98. The minimum atomic E-state index is 0. The number of hydrogen-bond donors (Lipinski definition) is 2. The largest absolute Gasteiger partial charge is 0.398 e. The molecule has 0 saturated carbocycles. The molecule has 0 bridgehead atoms. The average Bonchev–Trinajstić information content (AvgIpc) is 2.09. The van der Waals surface area contributed by atoms with E-state index in [1.165, 1.54) is 0 Å².